The summed E-state index contributed by atoms with van der Waals surface area (Å²) in [5.41, 5.74) is 0. The summed E-state index contributed by atoms with van der Waals surface area (Å²) >= 11 is 30.0. The zero-order valence-corrected chi connectivity index (χ0v) is 23.5. The zero-order chi connectivity index (χ0) is 13.5. The fourth-order valence-corrected chi connectivity index (χ4v) is 1.72. The van der Waals surface area contributed by atoms with Crippen LogP contribution in [0.2, 0.25) is 34.0 Å². The van der Waals surface area contributed by atoms with Gasteiger partial charge >= 0.3 is 61.1 Å². The fourth-order valence-electron chi connectivity index (χ4n) is 0.593. The van der Waals surface area contributed by atoms with E-state index in [1.54, 1.807) is 0 Å². The van der Waals surface area contributed by atoms with Crippen molar-refractivity contribution in [3.05, 3.63) is 25.1 Å². The molecule has 16 heavy (non-hydrogen) atoms. The molecule has 0 spiro atoms. The standard InChI is InChI=1S/C6HCl5O.2CH3.2Hg/c7-1-2(8)4(10)6(12)5(11)3(1)9;;;;/h12H;2*1H3;;. The second-order valence-corrected chi connectivity index (χ2v) is 3.81. The van der Waals surface area contributed by atoms with E-state index >= 15 is 0 Å². The first-order valence-electron chi connectivity index (χ1n) is 4.08. The van der Waals surface area contributed by atoms with Gasteiger partial charge in [0.05, 0.1) is 15.1 Å². The van der Waals surface area contributed by atoms with Crippen LogP contribution in [0.15, 0.2) is 0 Å². The summed E-state index contributed by atoms with van der Waals surface area (Å²) in [6.07, 6.45) is 0. The second kappa shape index (κ2) is 11.2. The van der Waals surface area contributed by atoms with Crippen molar-refractivity contribution in [1.82, 2.24) is 0 Å². The monoisotopic (exact) mass is 698 g/mol. The van der Waals surface area contributed by atoms with E-state index < -0.39 is 0 Å². The van der Waals surface area contributed by atoms with Gasteiger partial charge in [-0.2, -0.15) is 0 Å². The third kappa shape index (κ3) is 5.54. The molecular formula is C8H7Cl5Hg2O. The van der Waals surface area contributed by atoms with Crippen molar-refractivity contribution in [2.24, 2.45) is 0 Å². The van der Waals surface area contributed by atoms with E-state index in [9.17, 15) is 5.11 Å². The van der Waals surface area contributed by atoms with Crippen LogP contribution in [0, 0.1) is 0 Å². The summed E-state index contributed by atoms with van der Waals surface area (Å²) in [6, 6.07) is 0. The molecule has 0 aliphatic carbocycles. The predicted molar refractivity (Wildman–Crippen MR) is 64.9 cm³/mol. The molecule has 0 aromatic heterocycles. The number of benzene rings is 1. The Morgan fingerprint density at radius 1 is 0.625 bits per heavy atom. The summed E-state index contributed by atoms with van der Waals surface area (Å²) < 4.78 is 4.39. The molecule has 0 bridgehead atoms. The summed E-state index contributed by atoms with van der Waals surface area (Å²) in [7, 11) is 0. The number of rotatable bonds is 0. The number of phenolic OH excluding ortho intramolecular Hbond substituents is 1. The minimum absolute atomic E-state index is 0.00904. The van der Waals surface area contributed by atoms with Crippen LogP contribution in [-0.2, 0) is 52.2 Å². The van der Waals surface area contributed by atoms with Gasteiger partial charge in [-0.25, -0.2) is 0 Å². The summed E-state index contributed by atoms with van der Waals surface area (Å²) in [5, 5.41) is 9.01. The Kier molecular flexibility index (Phi) is 14.4. The Balaban J connectivity index is 0. The van der Waals surface area contributed by atoms with E-state index in [2.05, 4.69) is 8.86 Å². The molecule has 0 saturated heterocycles. The Bertz CT molecular complexity index is 241. The molecule has 1 aromatic carbocycles. The SMILES string of the molecule is Oc1c(Cl)c(Cl)c(Cl)c(Cl)c1Cl.[CH3][Hg].[CH3][Hg]. The molecule has 84 valence electrons. The van der Waals surface area contributed by atoms with Crippen LogP contribution in [0.1, 0.15) is 0 Å². The Morgan fingerprint density at radius 3 is 1.06 bits per heavy atom. The van der Waals surface area contributed by atoms with Crippen molar-refractivity contribution in [1.29, 1.82) is 0 Å². The van der Waals surface area contributed by atoms with Gasteiger partial charge in [0.2, 0.25) is 0 Å². The molecular weight excluding hydrogens is 691 g/mol. The van der Waals surface area contributed by atoms with E-state index in [-0.39, 0.29) is 30.9 Å². The van der Waals surface area contributed by atoms with Crippen LogP contribution in [-0.4, -0.2) is 5.11 Å². The van der Waals surface area contributed by atoms with Gasteiger partial charge in [-0.15, -0.1) is 0 Å². The number of aromatic hydroxyl groups is 1. The van der Waals surface area contributed by atoms with Gasteiger partial charge in [0, 0.05) is 0 Å². The van der Waals surface area contributed by atoms with E-state index in [1.165, 1.54) is 0 Å². The van der Waals surface area contributed by atoms with Crippen molar-refractivity contribution in [3.8, 4) is 5.75 Å². The molecule has 1 nitrogen and oxygen atoms in total. The first-order chi connectivity index (χ1) is 7.46. The van der Waals surface area contributed by atoms with E-state index in [1.807, 2.05) is 0 Å². The van der Waals surface area contributed by atoms with Crippen LogP contribution in [0.5, 0.6) is 5.75 Å². The fraction of sp³-hybridized carbons (Fsp3) is 0.250. The topological polar surface area (TPSA) is 20.2 Å². The third-order valence-corrected chi connectivity index (χ3v) is 3.44. The summed E-state index contributed by atoms with van der Waals surface area (Å²) in [4.78, 5) is 0. The van der Waals surface area contributed by atoms with E-state index in [4.69, 9.17) is 58.0 Å². The molecule has 0 radical (unpaired) electrons. The van der Waals surface area contributed by atoms with Gasteiger partial charge in [0.1, 0.15) is 10.0 Å². The van der Waals surface area contributed by atoms with Crippen molar-refractivity contribution < 1.29 is 57.3 Å². The molecule has 8 heteroatoms. The number of hydrogen-bond acceptors (Lipinski definition) is 1. The molecule has 0 fully saturated rings. The molecule has 0 heterocycles. The Labute approximate surface area is 153 Å². The second-order valence-electron chi connectivity index (χ2n) is 1.92. The van der Waals surface area contributed by atoms with Gasteiger partial charge in [0.15, 0.2) is 5.75 Å². The van der Waals surface area contributed by atoms with Crippen molar-refractivity contribution in [2.45, 2.75) is 8.86 Å². The summed E-state index contributed by atoms with van der Waals surface area (Å²) in [6.45, 7) is 0. The van der Waals surface area contributed by atoms with Gasteiger partial charge in [-0.05, 0) is 0 Å². The maximum absolute atomic E-state index is 9.20. The Morgan fingerprint density at radius 2 is 0.812 bits per heavy atom. The summed E-state index contributed by atoms with van der Waals surface area (Å²) in [5.74, 6) is -0.363. The molecule has 0 aliphatic heterocycles. The number of halogens is 5. The van der Waals surface area contributed by atoms with Crippen molar-refractivity contribution >= 4 is 58.0 Å². The van der Waals surface area contributed by atoms with Crippen molar-refractivity contribution in [2.75, 3.05) is 0 Å². The molecule has 0 atom stereocenters. The van der Waals surface area contributed by atoms with Gasteiger partial charge in [-0.1, -0.05) is 58.0 Å². The van der Waals surface area contributed by atoms with Gasteiger partial charge in [0.25, 0.3) is 0 Å². The third-order valence-electron chi connectivity index (χ3n) is 1.19. The molecule has 0 unspecified atom stereocenters. The van der Waals surface area contributed by atoms with Crippen LogP contribution in [0.4, 0.5) is 0 Å². The normalized spacial score (nSPS) is 8.69. The van der Waals surface area contributed by atoms with Crippen molar-refractivity contribution in [3.63, 3.8) is 0 Å². The average molecular weight is 698 g/mol. The minimum atomic E-state index is -0.363. The van der Waals surface area contributed by atoms with Gasteiger partial charge in [-0.3, -0.25) is 0 Å². The van der Waals surface area contributed by atoms with Crippen LogP contribution in [0.25, 0.3) is 0 Å². The van der Waals surface area contributed by atoms with Crippen LogP contribution in [0.3, 0.4) is 0 Å². The molecule has 1 N–H and O–H groups in total. The number of phenols is 1. The molecule has 0 amide bonds. The number of hydrogen-bond donors (Lipinski definition) is 1. The van der Waals surface area contributed by atoms with E-state index in [0.717, 1.165) is 52.2 Å². The van der Waals surface area contributed by atoms with Gasteiger partial charge < -0.3 is 5.11 Å². The zero-order valence-electron chi connectivity index (χ0n) is 8.75. The quantitative estimate of drug-likeness (QED) is 0.206. The van der Waals surface area contributed by atoms with E-state index in [0.29, 0.717) is 0 Å². The average Bonchev–Trinajstić information content (AvgIpc) is 2.36. The molecule has 1 rings (SSSR count). The molecule has 0 saturated carbocycles. The Hall–Kier alpha value is 2.34. The molecule has 1 aromatic rings. The molecule has 0 aliphatic rings. The van der Waals surface area contributed by atoms with Crippen LogP contribution >= 0.6 is 58.0 Å². The predicted octanol–water partition coefficient (Wildman–Crippen LogP) is 5.82. The van der Waals surface area contributed by atoms with Crippen LogP contribution < -0.4 is 0 Å². The first-order valence-corrected chi connectivity index (χ1v) is 17.0. The maximum atomic E-state index is 9.20. The first kappa shape index (κ1) is 20.7.